The summed E-state index contributed by atoms with van der Waals surface area (Å²) in [6.07, 6.45) is -0.445. The first-order valence-electron chi connectivity index (χ1n) is 11.7. The molecule has 0 bridgehead atoms. The van der Waals surface area contributed by atoms with Crippen molar-refractivity contribution in [2.45, 2.75) is 69.8 Å². The monoisotopic (exact) mass is 469 g/mol. The van der Waals surface area contributed by atoms with Crippen LogP contribution in [0.15, 0.2) is 53.3 Å². The van der Waals surface area contributed by atoms with Crippen LogP contribution in [0.5, 0.6) is 0 Å². The van der Waals surface area contributed by atoms with E-state index >= 15 is 0 Å². The zero-order chi connectivity index (χ0) is 24.0. The maximum atomic E-state index is 13.3. The summed E-state index contributed by atoms with van der Waals surface area (Å²) in [7, 11) is 0. The summed E-state index contributed by atoms with van der Waals surface area (Å²) in [6, 6.07) is 12.1. The number of para-hydroxylation sites is 1. The Morgan fingerprint density at radius 3 is 2.53 bits per heavy atom. The van der Waals surface area contributed by atoms with Crippen molar-refractivity contribution >= 4 is 16.8 Å². The maximum Gasteiger partial charge on any atom is 0.416 e. The number of aryl methyl sites for hydroxylation is 1. The van der Waals surface area contributed by atoms with Crippen molar-refractivity contribution in [3.05, 3.63) is 75.8 Å². The smallest absolute Gasteiger partial charge is 0.333 e. The number of aromatic nitrogens is 2. The Kier molecular flexibility index (Phi) is 5.70. The lowest BCUT2D eigenvalue weighted by Crippen LogP contribution is -2.36. The van der Waals surface area contributed by atoms with Gasteiger partial charge in [0.05, 0.1) is 22.5 Å². The quantitative estimate of drug-likeness (QED) is 0.463. The number of amides is 1. The van der Waals surface area contributed by atoms with Crippen molar-refractivity contribution in [3.63, 3.8) is 0 Å². The standard InChI is InChI=1S/C26H26F3N3O2/c1-16(17-5-4-6-18(15-17)26(27,28)29)31(19-9-10-19)24(33)14-13-23-30-22-8-3-2-7-21(22)25(34)32(23)20-11-12-20/h2-8,15-16,19-20H,9-14H2,1H3. The van der Waals surface area contributed by atoms with Crippen LogP contribution in [0.1, 0.15) is 68.1 Å². The highest BCUT2D eigenvalue weighted by molar-refractivity contribution is 5.79. The second-order valence-corrected chi connectivity index (χ2v) is 9.28. The molecular weight excluding hydrogens is 443 g/mol. The molecule has 0 saturated heterocycles. The number of nitrogens with zero attached hydrogens (tertiary/aromatic N) is 3. The van der Waals surface area contributed by atoms with E-state index in [-0.39, 0.29) is 30.0 Å². The minimum atomic E-state index is -4.43. The largest absolute Gasteiger partial charge is 0.416 e. The van der Waals surface area contributed by atoms with E-state index in [1.165, 1.54) is 6.07 Å². The Hall–Kier alpha value is -3.16. The van der Waals surface area contributed by atoms with Crippen LogP contribution in [0, 0.1) is 0 Å². The third-order valence-corrected chi connectivity index (χ3v) is 6.70. The number of carbonyl (C=O) groups is 1. The molecule has 2 aliphatic carbocycles. The van der Waals surface area contributed by atoms with Crippen LogP contribution in [0.2, 0.25) is 0 Å². The molecule has 0 radical (unpaired) electrons. The molecule has 2 saturated carbocycles. The minimum absolute atomic E-state index is 0.0345. The molecule has 0 spiro atoms. The van der Waals surface area contributed by atoms with Gasteiger partial charge in [0.25, 0.3) is 5.56 Å². The summed E-state index contributed by atoms with van der Waals surface area (Å²) in [6.45, 7) is 1.78. The second-order valence-electron chi connectivity index (χ2n) is 9.28. The van der Waals surface area contributed by atoms with Crippen molar-refractivity contribution in [2.75, 3.05) is 0 Å². The Morgan fingerprint density at radius 2 is 1.85 bits per heavy atom. The van der Waals surface area contributed by atoms with Crippen molar-refractivity contribution in [1.29, 1.82) is 0 Å². The molecule has 1 unspecified atom stereocenters. The molecule has 8 heteroatoms. The summed E-state index contributed by atoms with van der Waals surface area (Å²) in [5.74, 6) is 0.471. The maximum absolute atomic E-state index is 13.3. The summed E-state index contributed by atoms with van der Waals surface area (Å²) in [5, 5.41) is 0.572. The van der Waals surface area contributed by atoms with E-state index in [4.69, 9.17) is 4.98 Å². The van der Waals surface area contributed by atoms with Crippen molar-refractivity contribution in [1.82, 2.24) is 14.5 Å². The van der Waals surface area contributed by atoms with Crippen LogP contribution in [0.4, 0.5) is 13.2 Å². The van der Waals surface area contributed by atoms with Gasteiger partial charge in [0.2, 0.25) is 5.91 Å². The van der Waals surface area contributed by atoms with Gasteiger partial charge in [-0.25, -0.2) is 4.98 Å². The van der Waals surface area contributed by atoms with E-state index in [0.717, 1.165) is 37.8 Å². The number of benzene rings is 2. The Morgan fingerprint density at radius 1 is 1.12 bits per heavy atom. The SMILES string of the molecule is CC(c1cccc(C(F)(F)F)c1)N(C(=O)CCc1nc2ccccc2c(=O)n1C1CC1)C1CC1. The van der Waals surface area contributed by atoms with E-state index in [0.29, 0.717) is 28.7 Å². The molecular formula is C26H26F3N3O2. The number of alkyl halides is 3. The molecule has 5 rings (SSSR count). The molecule has 34 heavy (non-hydrogen) atoms. The Labute approximate surface area is 195 Å². The van der Waals surface area contributed by atoms with E-state index in [1.807, 2.05) is 12.1 Å². The van der Waals surface area contributed by atoms with Gasteiger partial charge in [-0.3, -0.25) is 14.2 Å². The molecule has 2 aliphatic rings. The molecule has 5 nitrogen and oxygen atoms in total. The van der Waals surface area contributed by atoms with Gasteiger partial charge in [0.1, 0.15) is 5.82 Å². The third-order valence-electron chi connectivity index (χ3n) is 6.70. The van der Waals surface area contributed by atoms with Gasteiger partial charge in [-0.05, 0) is 62.4 Å². The molecule has 1 heterocycles. The Balaban J connectivity index is 1.39. The zero-order valence-corrected chi connectivity index (χ0v) is 18.9. The summed E-state index contributed by atoms with van der Waals surface area (Å²) in [5.41, 5.74) is 0.290. The number of fused-ring (bicyclic) bond motifs is 1. The predicted octanol–water partition coefficient (Wildman–Crippen LogP) is 5.44. The average molecular weight is 470 g/mol. The zero-order valence-electron chi connectivity index (χ0n) is 18.9. The topological polar surface area (TPSA) is 55.2 Å². The fourth-order valence-electron chi connectivity index (χ4n) is 4.65. The summed E-state index contributed by atoms with van der Waals surface area (Å²) < 4.78 is 41.3. The number of rotatable bonds is 7. The van der Waals surface area contributed by atoms with Crippen molar-refractivity contribution in [3.8, 4) is 0 Å². The van der Waals surface area contributed by atoms with Gasteiger partial charge in [-0.2, -0.15) is 13.2 Å². The van der Waals surface area contributed by atoms with Crippen LogP contribution in [-0.4, -0.2) is 26.4 Å². The number of hydrogen-bond donors (Lipinski definition) is 0. The first-order chi connectivity index (χ1) is 16.2. The van der Waals surface area contributed by atoms with E-state index < -0.39 is 17.8 Å². The number of carbonyl (C=O) groups excluding carboxylic acids is 1. The lowest BCUT2D eigenvalue weighted by Gasteiger charge is -2.30. The highest BCUT2D eigenvalue weighted by atomic mass is 19.4. The second kappa shape index (κ2) is 8.56. The molecule has 178 valence electrons. The van der Waals surface area contributed by atoms with Gasteiger partial charge in [-0.1, -0.05) is 24.3 Å². The molecule has 2 aromatic carbocycles. The lowest BCUT2D eigenvalue weighted by atomic mass is 10.0. The Bertz CT molecular complexity index is 1290. The van der Waals surface area contributed by atoms with Crippen LogP contribution in [-0.2, 0) is 17.4 Å². The lowest BCUT2D eigenvalue weighted by molar-refractivity contribution is -0.137. The molecule has 0 N–H and O–H groups in total. The van der Waals surface area contributed by atoms with Crippen LogP contribution >= 0.6 is 0 Å². The minimum Gasteiger partial charge on any atom is -0.333 e. The van der Waals surface area contributed by atoms with E-state index in [9.17, 15) is 22.8 Å². The van der Waals surface area contributed by atoms with Crippen LogP contribution in [0.3, 0.4) is 0 Å². The van der Waals surface area contributed by atoms with Gasteiger partial charge in [0.15, 0.2) is 0 Å². The first kappa shape index (κ1) is 22.6. The normalized spacial score (nSPS) is 17.1. The highest BCUT2D eigenvalue weighted by Gasteiger charge is 2.37. The van der Waals surface area contributed by atoms with Crippen molar-refractivity contribution < 1.29 is 18.0 Å². The number of hydrogen-bond acceptors (Lipinski definition) is 3. The van der Waals surface area contributed by atoms with Gasteiger partial charge in [-0.15, -0.1) is 0 Å². The van der Waals surface area contributed by atoms with Crippen LogP contribution < -0.4 is 5.56 Å². The molecule has 1 atom stereocenters. The third kappa shape index (κ3) is 4.45. The van der Waals surface area contributed by atoms with Crippen molar-refractivity contribution in [2.24, 2.45) is 0 Å². The van der Waals surface area contributed by atoms with E-state index in [2.05, 4.69) is 0 Å². The highest BCUT2D eigenvalue weighted by Crippen LogP contribution is 2.38. The van der Waals surface area contributed by atoms with Gasteiger partial charge in [0, 0.05) is 24.9 Å². The van der Waals surface area contributed by atoms with Gasteiger partial charge < -0.3 is 4.90 Å². The molecule has 0 aliphatic heterocycles. The fourth-order valence-corrected chi connectivity index (χ4v) is 4.65. The predicted molar refractivity (Wildman–Crippen MR) is 122 cm³/mol. The fraction of sp³-hybridized carbons (Fsp3) is 0.423. The van der Waals surface area contributed by atoms with Crippen LogP contribution in [0.25, 0.3) is 10.9 Å². The van der Waals surface area contributed by atoms with Gasteiger partial charge >= 0.3 is 6.18 Å². The number of halogens is 3. The summed E-state index contributed by atoms with van der Waals surface area (Å²) >= 11 is 0. The van der Waals surface area contributed by atoms with E-state index in [1.54, 1.807) is 34.6 Å². The summed E-state index contributed by atoms with van der Waals surface area (Å²) in [4.78, 5) is 32.8. The average Bonchev–Trinajstić information content (AvgIpc) is 3.72. The molecule has 1 aromatic heterocycles. The molecule has 1 amide bonds. The first-order valence-corrected chi connectivity index (χ1v) is 11.7. The molecule has 3 aromatic rings. The molecule has 2 fully saturated rings.